The Bertz CT molecular complexity index is 513. The van der Waals surface area contributed by atoms with Crippen molar-refractivity contribution >= 4 is 0 Å². The summed E-state index contributed by atoms with van der Waals surface area (Å²) in [6.45, 7) is 3.71. The zero-order chi connectivity index (χ0) is 13.7. The zero-order valence-corrected chi connectivity index (χ0v) is 11.1. The van der Waals surface area contributed by atoms with Crippen LogP contribution in [0.25, 0.3) is 0 Å². The summed E-state index contributed by atoms with van der Waals surface area (Å²) in [4.78, 5) is 3.99. The standard InChI is InChI=1S/C14H18FN3O/c1-11(17-6-8-18-7-5-16-10-18)12-3-4-13(15)14(9-12)19-2/h3-5,7,9-11,17H,6,8H2,1-2H3. The SMILES string of the molecule is COc1cc(C(C)NCCn2ccnc2)ccc1F. The van der Waals surface area contributed by atoms with Crippen LogP contribution in [0.2, 0.25) is 0 Å². The molecule has 2 aromatic rings. The van der Waals surface area contributed by atoms with Gasteiger partial charge in [0.05, 0.1) is 13.4 Å². The Morgan fingerprint density at radius 1 is 1.47 bits per heavy atom. The molecule has 0 bridgehead atoms. The first-order valence-electron chi connectivity index (χ1n) is 6.23. The molecule has 0 aliphatic carbocycles. The molecule has 0 saturated carbocycles. The summed E-state index contributed by atoms with van der Waals surface area (Å²) < 4.78 is 20.3. The topological polar surface area (TPSA) is 39.1 Å². The molecule has 0 spiro atoms. The van der Waals surface area contributed by atoms with Crippen molar-refractivity contribution in [2.45, 2.75) is 19.5 Å². The van der Waals surface area contributed by atoms with Crippen molar-refractivity contribution in [3.8, 4) is 5.75 Å². The first-order valence-corrected chi connectivity index (χ1v) is 6.23. The molecular formula is C14H18FN3O. The van der Waals surface area contributed by atoms with Crippen molar-refractivity contribution in [2.75, 3.05) is 13.7 Å². The minimum absolute atomic E-state index is 0.137. The highest BCUT2D eigenvalue weighted by molar-refractivity contribution is 5.31. The molecule has 0 aliphatic rings. The summed E-state index contributed by atoms with van der Waals surface area (Å²) >= 11 is 0. The number of benzene rings is 1. The highest BCUT2D eigenvalue weighted by atomic mass is 19.1. The number of hydrogen-bond donors (Lipinski definition) is 1. The van der Waals surface area contributed by atoms with Gasteiger partial charge in [0.25, 0.3) is 0 Å². The van der Waals surface area contributed by atoms with Crippen LogP contribution in [0.3, 0.4) is 0 Å². The second-order valence-electron chi connectivity index (χ2n) is 4.37. The lowest BCUT2D eigenvalue weighted by Gasteiger charge is -2.15. The first kappa shape index (κ1) is 13.5. The Hall–Kier alpha value is -1.88. The van der Waals surface area contributed by atoms with E-state index in [1.807, 2.05) is 17.7 Å². The predicted molar refractivity (Wildman–Crippen MR) is 71.6 cm³/mol. The minimum Gasteiger partial charge on any atom is -0.494 e. The quantitative estimate of drug-likeness (QED) is 0.869. The second-order valence-corrected chi connectivity index (χ2v) is 4.37. The average molecular weight is 263 g/mol. The van der Waals surface area contributed by atoms with Crippen LogP contribution in [0.4, 0.5) is 4.39 Å². The summed E-state index contributed by atoms with van der Waals surface area (Å²) in [5, 5.41) is 3.38. The lowest BCUT2D eigenvalue weighted by molar-refractivity contribution is 0.385. The van der Waals surface area contributed by atoms with Crippen molar-refractivity contribution in [3.63, 3.8) is 0 Å². The Kier molecular flexibility index (Phi) is 4.52. The van der Waals surface area contributed by atoms with E-state index < -0.39 is 0 Å². The summed E-state index contributed by atoms with van der Waals surface area (Å²) in [5.74, 6) is -0.0578. The number of methoxy groups -OCH3 is 1. The van der Waals surface area contributed by atoms with E-state index in [1.165, 1.54) is 13.2 Å². The first-order chi connectivity index (χ1) is 9.20. The van der Waals surface area contributed by atoms with Crippen LogP contribution in [0.15, 0.2) is 36.9 Å². The van der Waals surface area contributed by atoms with Gasteiger partial charge in [-0.05, 0) is 24.6 Å². The van der Waals surface area contributed by atoms with Gasteiger partial charge in [0.2, 0.25) is 0 Å². The number of ether oxygens (including phenoxy) is 1. The van der Waals surface area contributed by atoms with Gasteiger partial charge in [0.1, 0.15) is 0 Å². The molecular weight excluding hydrogens is 245 g/mol. The molecule has 4 nitrogen and oxygen atoms in total. The van der Waals surface area contributed by atoms with Crippen LogP contribution in [0.5, 0.6) is 5.75 Å². The molecule has 2 rings (SSSR count). The third kappa shape index (κ3) is 3.54. The molecule has 0 amide bonds. The molecule has 1 N–H and O–H groups in total. The monoisotopic (exact) mass is 263 g/mol. The van der Waals surface area contributed by atoms with E-state index in [0.717, 1.165) is 18.7 Å². The Balaban J connectivity index is 1.90. The van der Waals surface area contributed by atoms with Gasteiger partial charge in [0.15, 0.2) is 11.6 Å². The smallest absolute Gasteiger partial charge is 0.165 e. The van der Waals surface area contributed by atoms with E-state index in [9.17, 15) is 4.39 Å². The van der Waals surface area contributed by atoms with E-state index in [4.69, 9.17) is 4.74 Å². The number of nitrogens with zero attached hydrogens (tertiary/aromatic N) is 2. The molecule has 0 aliphatic heterocycles. The van der Waals surface area contributed by atoms with Crippen LogP contribution in [-0.4, -0.2) is 23.2 Å². The van der Waals surface area contributed by atoms with Gasteiger partial charge in [-0.15, -0.1) is 0 Å². The Morgan fingerprint density at radius 3 is 3.00 bits per heavy atom. The molecule has 5 heteroatoms. The molecule has 1 atom stereocenters. The van der Waals surface area contributed by atoms with E-state index in [2.05, 4.69) is 10.3 Å². The van der Waals surface area contributed by atoms with Gasteiger partial charge >= 0.3 is 0 Å². The summed E-state index contributed by atoms with van der Waals surface area (Å²) in [5.41, 5.74) is 1.00. The molecule has 1 aromatic carbocycles. The minimum atomic E-state index is -0.336. The lowest BCUT2D eigenvalue weighted by Crippen LogP contribution is -2.23. The number of imidazole rings is 1. The number of rotatable bonds is 6. The zero-order valence-electron chi connectivity index (χ0n) is 11.1. The third-order valence-corrected chi connectivity index (χ3v) is 3.05. The fraction of sp³-hybridized carbons (Fsp3) is 0.357. The maximum atomic E-state index is 13.3. The second kappa shape index (κ2) is 6.33. The van der Waals surface area contributed by atoms with E-state index in [1.54, 1.807) is 24.7 Å². The van der Waals surface area contributed by atoms with Gasteiger partial charge < -0.3 is 14.6 Å². The number of aromatic nitrogens is 2. The van der Waals surface area contributed by atoms with Crippen molar-refractivity contribution < 1.29 is 9.13 Å². The summed E-state index contributed by atoms with van der Waals surface area (Å²) in [6, 6.07) is 5.07. The van der Waals surface area contributed by atoms with Crippen LogP contribution in [0, 0.1) is 5.82 Å². The van der Waals surface area contributed by atoms with Crippen LogP contribution < -0.4 is 10.1 Å². The lowest BCUT2D eigenvalue weighted by atomic mass is 10.1. The molecule has 102 valence electrons. The van der Waals surface area contributed by atoms with Gasteiger partial charge in [0, 0.05) is 31.5 Å². The summed E-state index contributed by atoms with van der Waals surface area (Å²) in [7, 11) is 1.47. The normalized spacial score (nSPS) is 12.4. The molecule has 1 unspecified atom stereocenters. The summed E-state index contributed by atoms with van der Waals surface area (Å²) in [6.07, 6.45) is 5.47. The highest BCUT2D eigenvalue weighted by Crippen LogP contribution is 2.22. The molecule has 0 radical (unpaired) electrons. The van der Waals surface area contributed by atoms with E-state index in [-0.39, 0.29) is 17.6 Å². The largest absolute Gasteiger partial charge is 0.494 e. The third-order valence-electron chi connectivity index (χ3n) is 3.05. The van der Waals surface area contributed by atoms with Crippen LogP contribution in [-0.2, 0) is 6.54 Å². The molecule has 0 saturated heterocycles. The van der Waals surface area contributed by atoms with Crippen molar-refractivity contribution in [2.24, 2.45) is 0 Å². The van der Waals surface area contributed by atoms with E-state index in [0.29, 0.717) is 0 Å². The predicted octanol–water partition coefficient (Wildman–Crippen LogP) is 2.38. The van der Waals surface area contributed by atoms with Gasteiger partial charge in [-0.25, -0.2) is 9.37 Å². The van der Waals surface area contributed by atoms with Crippen molar-refractivity contribution in [1.82, 2.24) is 14.9 Å². The average Bonchev–Trinajstić information content (AvgIpc) is 2.92. The van der Waals surface area contributed by atoms with Crippen molar-refractivity contribution in [1.29, 1.82) is 0 Å². The Labute approximate surface area is 112 Å². The fourth-order valence-electron chi connectivity index (χ4n) is 1.89. The van der Waals surface area contributed by atoms with Crippen LogP contribution >= 0.6 is 0 Å². The highest BCUT2D eigenvalue weighted by Gasteiger charge is 2.09. The fourth-order valence-corrected chi connectivity index (χ4v) is 1.89. The van der Waals surface area contributed by atoms with Gasteiger partial charge in [-0.3, -0.25) is 0 Å². The number of hydrogen-bond acceptors (Lipinski definition) is 3. The Morgan fingerprint density at radius 2 is 2.32 bits per heavy atom. The number of halogens is 1. The molecule has 0 fully saturated rings. The number of nitrogens with one attached hydrogen (secondary N) is 1. The van der Waals surface area contributed by atoms with Gasteiger partial charge in [-0.1, -0.05) is 6.07 Å². The van der Waals surface area contributed by atoms with Crippen molar-refractivity contribution in [3.05, 3.63) is 48.3 Å². The van der Waals surface area contributed by atoms with Gasteiger partial charge in [-0.2, -0.15) is 0 Å². The molecule has 19 heavy (non-hydrogen) atoms. The van der Waals surface area contributed by atoms with Crippen LogP contribution in [0.1, 0.15) is 18.5 Å². The maximum absolute atomic E-state index is 13.3. The van der Waals surface area contributed by atoms with E-state index >= 15 is 0 Å². The molecule has 1 aromatic heterocycles. The molecule has 1 heterocycles. The maximum Gasteiger partial charge on any atom is 0.165 e.